The number of piperidine rings is 1. The largest absolute Gasteiger partial charge is 0.354 e. The summed E-state index contributed by atoms with van der Waals surface area (Å²) in [6.07, 6.45) is 3.56. The van der Waals surface area contributed by atoms with E-state index < -0.39 is 4.92 Å². The summed E-state index contributed by atoms with van der Waals surface area (Å²) < 4.78 is 0. The van der Waals surface area contributed by atoms with E-state index in [1.54, 1.807) is 4.90 Å². The molecule has 0 bridgehead atoms. The minimum atomic E-state index is -0.588. The predicted molar refractivity (Wildman–Crippen MR) is 101 cm³/mol. The van der Waals surface area contributed by atoms with E-state index in [4.69, 9.17) is 11.6 Å². The summed E-state index contributed by atoms with van der Waals surface area (Å²) in [6.45, 7) is 2.39. The molecular weight excluding hydrogens is 372 g/mol. The highest BCUT2D eigenvalue weighted by Crippen LogP contribution is 2.26. The molecule has 2 aliphatic heterocycles. The molecule has 2 unspecified atom stereocenters. The van der Waals surface area contributed by atoms with Gasteiger partial charge in [0.05, 0.1) is 11.0 Å². The lowest BCUT2D eigenvalue weighted by atomic mass is 9.97. The Balaban J connectivity index is 1.61. The Morgan fingerprint density at radius 3 is 2.85 bits per heavy atom. The third-order valence-electron chi connectivity index (χ3n) is 5.13. The number of amides is 2. The van der Waals surface area contributed by atoms with Crippen molar-refractivity contribution in [2.45, 2.75) is 31.7 Å². The second-order valence-corrected chi connectivity index (χ2v) is 7.51. The third-order valence-corrected chi connectivity index (χ3v) is 5.37. The van der Waals surface area contributed by atoms with Crippen LogP contribution in [-0.2, 0) is 4.79 Å². The molecule has 3 rings (SSSR count). The van der Waals surface area contributed by atoms with Gasteiger partial charge in [0, 0.05) is 30.7 Å². The van der Waals surface area contributed by atoms with Crippen LogP contribution < -0.4 is 10.6 Å². The molecule has 2 saturated heterocycles. The maximum Gasteiger partial charge on any atom is 0.283 e. The third kappa shape index (κ3) is 4.75. The standard InChI is InChI=1S/C18H23ClN4O4/c19-13-5-6-14(16(9-13)23(26)27)18(25)22-8-2-3-12(11-22)10-21-17(24)15-4-1-7-20-15/h5-6,9,12,15,20H,1-4,7-8,10-11H2,(H,21,24). The number of hydrogen-bond donors (Lipinski definition) is 2. The van der Waals surface area contributed by atoms with Crippen molar-refractivity contribution in [3.05, 3.63) is 38.9 Å². The van der Waals surface area contributed by atoms with Crippen molar-refractivity contribution < 1.29 is 14.5 Å². The Labute approximate surface area is 162 Å². The topological polar surface area (TPSA) is 105 Å². The van der Waals surface area contributed by atoms with E-state index in [1.807, 2.05) is 0 Å². The van der Waals surface area contributed by atoms with E-state index in [2.05, 4.69) is 10.6 Å². The average molecular weight is 395 g/mol. The SMILES string of the molecule is O=C(NCC1CCCN(C(=O)c2ccc(Cl)cc2[N+](=O)[O-])C1)C1CCCN1. The van der Waals surface area contributed by atoms with Gasteiger partial charge < -0.3 is 15.5 Å². The molecule has 0 aliphatic carbocycles. The molecule has 2 fully saturated rings. The first kappa shape index (κ1) is 19.6. The number of benzene rings is 1. The van der Waals surface area contributed by atoms with E-state index >= 15 is 0 Å². The molecule has 8 nitrogen and oxygen atoms in total. The number of nitrogens with one attached hydrogen (secondary N) is 2. The number of rotatable bonds is 5. The zero-order chi connectivity index (χ0) is 19.4. The van der Waals surface area contributed by atoms with Crippen molar-refractivity contribution in [2.24, 2.45) is 5.92 Å². The first-order chi connectivity index (χ1) is 13.0. The Morgan fingerprint density at radius 2 is 2.15 bits per heavy atom. The van der Waals surface area contributed by atoms with Crippen LogP contribution in [0.2, 0.25) is 5.02 Å². The van der Waals surface area contributed by atoms with Gasteiger partial charge in [0.25, 0.3) is 11.6 Å². The highest BCUT2D eigenvalue weighted by Gasteiger charge is 2.30. The van der Waals surface area contributed by atoms with Crippen LogP contribution in [0, 0.1) is 16.0 Å². The number of nitrogens with zero attached hydrogens (tertiary/aromatic N) is 2. The van der Waals surface area contributed by atoms with Gasteiger partial charge in [-0.25, -0.2) is 0 Å². The second kappa shape index (κ2) is 8.67. The van der Waals surface area contributed by atoms with Crippen LogP contribution in [-0.4, -0.2) is 53.9 Å². The Kier molecular flexibility index (Phi) is 6.28. The Hall–Kier alpha value is -2.19. The number of nitro groups is 1. The van der Waals surface area contributed by atoms with Crippen LogP contribution in [0.4, 0.5) is 5.69 Å². The van der Waals surface area contributed by atoms with E-state index in [9.17, 15) is 19.7 Å². The van der Waals surface area contributed by atoms with Gasteiger partial charge in [-0.1, -0.05) is 11.6 Å². The first-order valence-corrected chi connectivity index (χ1v) is 9.58. The maximum absolute atomic E-state index is 12.8. The first-order valence-electron chi connectivity index (χ1n) is 9.20. The number of likely N-dealkylation sites (tertiary alicyclic amines) is 1. The van der Waals surface area contributed by atoms with Gasteiger partial charge in [-0.15, -0.1) is 0 Å². The van der Waals surface area contributed by atoms with E-state index in [0.717, 1.165) is 32.2 Å². The zero-order valence-corrected chi connectivity index (χ0v) is 15.7. The van der Waals surface area contributed by atoms with Crippen molar-refractivity contribution >= 4 is 29.1 Å². The van der Waals surface area contributed by atoms with Crippen molar-refractivity contribution in [1.29, 1.82) is 0 Å². The number of carbonyl (C=O) groups excluding carboxylic acids is 2. The van der Waals surface area contributed by atoms with Crippen LogP contribution in [0.15, 0.2) is 18.2 Å². The average Bonchev–Trinajstić information content (AvgIpc) is 3.20. The van der Waals surface area contributed by atoms with Gasteiger partial charge in [-0.2, -0.15) is 0 Å². The monoisotopic (exact) mass is 394 g/mol. The zero-order valence-electron chi connectivity index (χ0n) is 14.9. The molecule has 9 heteroatoms. The molecule has 0 radical (unpaired) electrons. The molecule has 1 aromatic rings. The second-order valence-electron chi connectivity index (χ2n) is 7.07. The molecule has 146 valence electrons. The van der Waals surface area contributed by atoms with Gasteiger partial charge in [-0.05, 0) is 50.3 Å². The smallest absolute Gasteiger partial charge is 0.283 e. The number of carbonyl (C=O) groups is 2. The van der Waals surface area contributed by atoms with Crippen LogP contribution in [0.3, 0.4) is 0 Å². The van der Waals surface area contributed by atoms with Crippen LogP contribution in [0.1, 0.15) is 36.0 Å². The van der Waals surface area contributed by atoms with Crippen LogP contribution in [0.25, 0.3) is 0 Å². The minimum absolute atomic E-state index is 0.00397. The van der Waals surface area contributed by atoms with Crippen molar-refractivity contribution in [2.75, 3.05) is 26.2 Å². The molecule has 0 saturated carbocycles. The molecule has 2 N–H and O–H groups in total. The molecule has 0 spiro atoms. The summed E-state index contributed by atoms with van der Waals surface area (Å²) in [5.41, 5.74) is -0.237. The predicted octanol–water partition coefficient (Wildman–Crippen LogP) is 1.97. The Bertz CT molecular complexity index is 736. The van der Waals surface area contributed by atoms with E-state index in [1.165, 1.54) is 18.2 Å². The summed E-state index contributed by atoms with van der Waals surface area (Å²) in [7, 11) is 0. The van der Waals surface area contributed by atoms with Gasteiger partial charge in [-0.3, -0.25) is 19.7 Å². The van der Waals surface area contributed by atoms with Gasteiger partial charge in [0.15, 0.2) is 0 Å². The van der Waals surface area contributed by atoms with Gasteiger partial charge in [0.2, 0.25) is 5.91 Å². The lowest BCUT2D eigenvalue weighted by Crippen LogP contribution is -2.46. The summed E-state index contributed by atoms with van der Waals surface area (Å²) in [5, 5.41) is 17.6. The normalized spacial score (nSPS) is 22.5. The molecule has 1 aromatic carbocycles. The van der Waals surface area contributed by atoms with E-state index in [0.29, 0.717) is 19.6 Å². The fourth-order valence-electron chi connectivity index (χ4n) is 3.70. The van der Waals surface area contributed by atoms with Crippen molar-refractivity contribution in [3.8, 4) is 0 Å². The molecular formula is C18H23ClN4O4. The maximum atomic E-state index is 12.8. The van der Waals surface area contributed by atoms with Crippen LogP contribution >= 0.6 is 11.6 Å². The lowest BCUT2D eigenvalue weighted by molar-refractivity contribution is -0.385. The number of nitro benzene ring substituents is 1. The van der Waals surface area contributed by atoms with E-state index in [-0.39, 0.29) is 40.0 Å². The summed E-state index contributed by atoms with van der Waals surface area (Å²) in [5.74, 6) is -0.226. The molecule has 2 atom stereocenters. The number of hydrogen-bond acceptors (Lipinski definition) is 5. The molecule has 2 aliphatic rings. The molecule has 2 heterocycles. The summed E-state index contributed by atoms with van der Waals surface area (Å²) >= 11 is 5.82. The Morgan fingerprint density at radius 1 is 1.33 bits per heavy atom. The lowest BCUT2D eigenvalue weighted by Gasteiger charge is -2.33. The fraction of sp³-hybridized carbons (Fsp3) is 0.556. The van der Waals surface area contributed by atoms with Gasteiger partial charge >= 0.3 is 0 Å². The molecule has 2 amide bonds. The fourth-order valence-corrected chi connectivity index (χ4v) is 3.87. The summed E-state index contributed by atoms with van der Waals surface area (Å²) in [6, 6.07) is 3.96. The highest BCUT2D eigenvalue weighted by molar-refractivity contribution is 6.31. The molecule has 27 heavy (non-hydrogen) atoms. The highest BCUT2D eigenvalue weighted by atomic mass is 35.5. The quantitative estimate of drug-likeness (QED) is 0.586. The summed E-state index contributed by atoms with van der Waals surface area (Å²) in [4.78, 5) is 37.2. The van der Waals surface area contributed by atoms with Crippen molar-refractivity contribution in [1.82, 2.24) is 15.5 Å². The van der Waals surface area contributed by atoms with Gasteiger partial charge in [0.1, 0.15) is 5.56 Å². The van der Waals surface area contributed by atoms with Crippen molar-refractivity contribution in [3.63, 3.8) is 0 Å². The van der Waals surface area contributed by atoms with Crippen LogP contribution in [0.5, 0.6) is 0 Å². The molecule has 0 aromatic heterocycles. The minimum Gasteiger partial charge on any atom is -0.354 e. The number of halogens is 1.